The Labute approximate surface area is 266 Å². The molecule has 1 unspecified atom stereocenters. The highest BCUT2D eigenvalue weighted by Gasteiger charge is 2.16. The van der Waals surface area contributed by atoms with Crippen LogP contribution in [0.2, 0.25) is 0 Å². The zero-order valence-electron chi connectivity index (χ0n) is 28.0. The number of alkyl halides is 1. The minimum absolute atomic E-state index is 0.0545. The molecular weight excluding hydrogens is 547 g/mol. The number of carbonyl (C=O) groups is 2. The molecule has 4 nitrogen and oxygen atoms in total. The van der Waals surface area contributed by atoms with E-state index in [9.17, 15) is 9.59 Å². The molecule has 0 fully saturated rings. The van der Waals surface area contributed by atoms with Gasteiger partial charge in [0.15, 0.2) is 0 Å². The van der Waals surface area contributed by atoms with Gasteiger partial charge in [-0.1, -0.05) is 154 Å². The molecule has 42 heavy (non-hydrogen) atoms. The number of hydrogen-bond donors (Lipinski definition) is 0. The van der Waals surface area contributed by atoms with Gasteiger partial charge in [-0.25, -0.2) is 0 Å². The first-order valence-corrected chi connectivity index (χ1v) is 18.7. The van der Waals surface area contributed by atoms with Gasteiger partial charge in [-0.05, 0) is 38.5 Å². The van der Waals surface area contributed by atoms with Crippen LogP contribution in [0.5, 0.6) is 0 Å². The maximum Gasteiger partial charge on any atom is 0.306 e. The largest absolute Gasteiger partial charge is 0.462 e. The molecule has 0 aromatic heterocycles. The van der Waals surface area contributed by atoms with Gasteiger partial charge >= 0.3 is 11.9 Å². The Morgan fingerprint density at radius 3 is 1.29 bits per heavy atom. The molecule has 0 aliphatic carbocycles. The van der Waals surface area contributed by atoms with Crippen LogP contribution in [0.4, 0.5) is 0 Å². The topological polar surface area (TPSA) is 52.6 Å². The van der Waals surface area contributed by atoms with Gasteiger partial charge < -0.3 is 9.47 Å². The summed E-state index contributed by atoms with van der Waals surface area (Å²) < 4.78 is 10.8. The van der Waals surface area contributed by atoms with Crippen molar-refractivity contribution in [3.63, 3.8) is 0 Å². The molecule has 0 radical (unpaired) electrons. The van der Waals surface area contributed by atoms with Crippen LogP contribution in [0.15, 0.2) is 12.2 Å². The van der Waals surface area contributed by atoms with Gasteiger partial charge in [-0.2, -0.15) is 0 Å². The Hall–Kier alpha value is -1.03. The van der Waals surface area contributed by atoms with E-state index >= 15 is 0 Å². The van der Waals surface area contributed by atoms with Crippen LogP contribution < -0.4 is 0 Å². The minimum Gasteiger partial charge on any atom is -0.462 e. The molecule has 0 aromatic rings. The second kappa shape index (κ2) is 34.5. The second-order valence-corrected chi connectivity index (χ2v) is 12.6. The average molecular weight is 616 g/mol. The third kappa shape index (κ3) is 31.9. The number of unbranched alkanes of at least 4 members (excludes halogenated alkanes) is 23. The molecule has 0 saturated carbocycles. The standard InChI is InChI=1S/C37H69ClO4/c1-3-5-7-9-11-13-15-17-18-20-22-24-26-28-30-32-37(40)42-35(33-38)34-41-36(39)31-29-27-25-23-21-19-16-14-12-10-8-6-4-2/h17-18,35H,3-16,19-34H2,1-2H3/b18-17-/i33+1,34+1,35+1. The van der Waals surface area contributed by atoms with E-state index in [1.165, 1.54) is 128 Å². The monoisotopic (exact) mass is 615 g/mol. The molecule has 0 rings (SSSR count). The van der Waals surface area contributed by atoms with E-state index < -0.39 is 6.10 Å². The van der Waals surface area contributed by atoms with Crippen molar-refractivity contribution in [3.05, 3.63) is 12.2 Å². The van der Waals surface area contributed by atoms with E-state index in [0.29, 0.717) is 12.8 Å². The number of rotatable bonds is 33. The molecule has 0 aromatic carbocycles. The number of carbonyl (C=O) groups excluding carboxylic acids is 2. The Morgan fingerprint density at radius 2 is 0.881 bits per heavy atom. The number of halogens is 1. The highest BCUT2D eigenvalue weighted by Crippen LogP contribution is 2.14. The first-order chi connectivity index (χ1) is 20.6. The molecule has 1 atom stereocenters. The van der Waals surface area contributed by atoms with Crippen molar-refractivity contribution in [1.82, 2.24) is 0 Å². The highest BCUT2D eigenvalue weighted by molar-refractivity contribution is 6.18. The van der Waals surface area contributed by atoms with E-state index in [4.69, 9.17) is 21.1 Å². The van der Waals surface area contributed by atoms with Gasteiger partial charge in [-0.15, -0.1) is 11.6 Å². The molecule has 0 amide bonds. The number of esters is 2. The molecule has 0 saturated heterocycles. The molecule has 0 spiro atoms. The van der Waals surface area contributed by atoms with E-state index in [-0.39, 0.29) is 24.4 Å². The third-order valence-electron chi connectivity index (χ3n) is 8.03. The number of allylic oxidation sites excluding steroid dienone is 2. The molecule has 0 N–H and O–H groups in total. The fourth-order valence-electron chi connectivity index (χ4n) is 5.24. The van der Waals surface area contributed by atoms with Crippen molar-refractivity contribution in [1.29, 1.82) is 0 Å². The van der Waals surface area contributed by atoms with E-state index in [1.54, 1.807) is 0 Å². The average Bonchev–Trinajstić information content (AvgIpc) is 2.99. The SMILES string of the molecule is CCCCCCCC/C=C\CCCCCCCC(=O)O[13CH]([13CH2]Cl)[13CH2]OC(=O)CCCCCCCCCCCCCCC. The fourth-order valence-corrected chi connectivity index (χ4v) is 5.39. The zero-order chi connectivity index (χ0) is 30.8. The lowest BCUT2D eigenvalue weighted by atomic mass is 10.0. The summed E-state index contributed by atoms with van der Waals surface area (Å²) in [5.41, 5.74) is 0. The highest BCUT2D eigenvalue weighted by atomic mass is 35.5. The van der Waals surface area contributed by atoms with Crippen molar-refractivity contribution in [2.24, 2.45) is 0 Å². The predicted octanol–water partition coefficient (Wildman–Crippen LogP) is 12.2. The summed E-state index contributed by atoms with van der Waals surface area (Å²) in [7, 11) is 0. The smallest absolute Gasteiger partial charge is 0.306 e. The number of ether oxygens (including phenoxy) is 2. The lowest BCUT2D eigenvalue weighted by Gasteiger charge is -2.15. The van der Waals surface area contributed by atoms with E-state index in [0.717, 1.165) is 38.5 Å². The van der Waals surface area contributed by atoms with E-state index in [2.05, 4.69) is 26.0 Å². The summed E-state index contributed by atoms with van der Waals surface area (Å²) >= 11 is 5.95. The summed E-state index contributed by atoms with van der Waals surface area (Å²) in [5.74, 6) is -0.322. The van der Waals surface area contributed by atoms with E-state index in [1.807, 2.05) is 0 Å². The van der Waals surface area contributed by atoms with Gasteiger partial charge in [0, 0.05) is 12.8 Å². The molecular formula is C37H69ClO4. The van der Waals surface area contributed by atoms with Crippen molar-refractivity contribution < 1.29 is 19.1 Å². The second-order valence-electron chi connectivity index (χ2n) is 12.3. The Morgan fingerprint density at radius 1 is 0.524 bits per heavy atom. The molecule has 0 heterocycles. The Kier molecular flexibility index (Phi) is 33.6. The van der Waals surface area contributed by atoms with Crippen molar-refractivity contribution >= 4 is 23.5 Å². The molecule has 0 bridgehead atoms. The summed E-state index contributed by atoms with van der Waals surface area (Å²) in [6.45, 7) is 4.58. The van der Waals surface area contributed by atoms with Gasteiger partial charge in [0.25, 0.3) is 0 Å². The molecule has 248 valence electrons. The summed E-state index contributed by atoms with van der Waals surface area (Å²) in [4.78, 5) is 24.2. The fraction of sp³-hybridized carbons (Fsp3) is 0.892. The third-order valence-corrected chi connectivity index (χ3v) is 8.37. The molecule has 0 aliphatic rings. The molecule has 0 aliphatic heterocycles. The van der Waals surface area contributed by atoms with Crippen LogP contribution in [0, 0.1) is 0 Å². The molecule has 5 heteroatoms. The normalized spacial score (nSPS) is 12.2. The summed E-state index contributed by atoms with van der Waals surface area (Å²) in [6.07, 6.45) is 37.6. The van der Waals surface area contributed by atoms with Crippen molar-refractivity contribution in [3.8, 4) is 0 Å². The van der Waals surface area contributed by atoms with Crippen LogP contribution >= 0.6 is 11.6 Å². The zero-order valence-corrected chi connectivity index (χ0v) is 28.7. The van der Waals surface area contributed by atoms with Crippen LogP contribution in [0.3, 0.4) is 0 Å². The quantitative estimate of drug-likeness (QED) is 0.0242. The summed E-state index contributed by atoms with van der Waals surface area (Å²) in [6, 6.07) is 0. The minimum atomic E-state index is -0.558. The first-order valence-electron chi connectivity index (χ1n) is 18.2. The maximum atomic E-state index is 12.2. The van der Waals surface area contributed by atoms with Crippen molar-refractivity contribution in [2.75, 3.05) is 12.5 Å². The number of hydrogen-bond acceptors (Lipinski definition) is 4. The maximum absolute atomic E-state index is 12.2. The Bertz CT molecular complexity index is 607. The van der Waals surface area contributed by atoms with Gasteiger partial charge in [0.05, 0.1) is 5.88 Å². The van der Waals surface area contributed by atoms with Crippen LogP contribution in [0.1, 0.15) is 194 Å². The van der Waals surface area contributed by atoms with Gasteiger partial charge in [-0.3, -0.25) is 9.59 Å². The summed E-state index contributed by atoms with van der Waals surface area (Å²) in [5, 5.41) is 0. The van der Waals surface area contributed by atoms with Crippen LogP contribution in [0.25, 0.3) is 0 Å². The van der Waals surface area contributed by atoms with Crippen LogP contribution in [-0.2, 0) is 19.1 Å². The lowest BCUT2D eigenvalue weighted by Crippen LogP contribution is -2.26. The van der Waals surface area contributed by atoms with Gasteiger partial charge in [0.2, 0.25) is 0 Å². The Balaban J connectivity index is 3.55. The predicted molar refractivity (Wildman–Crippen MR) is 181 cm³/mol. The van der Waals surface area contributed by atoms with Gasteiger partial charge in [0.1, 0.15) is 12.7 Å². The lowest BCUT2D eigenvalue weighted by molar-refractivity contribution is -0.157. The van der Waals surface area contributed by atoms with Crippen LogP contribution in [-0.4, -0.2) is 30.5 Å². The van der Waals surface area contributed by atoms with Crippen molar-refractivity contribution in [2.45, 2.75) is 200 Å². The first kappa shape index (κ1) is 41.0.